The summed E-state index contributed by atoms with van der Waals surface area (Å²) in [5, 5.41) is 22.2. The Labute approximate surface area is 272 Å². The predicted molar refractivity (Wildman–Crippen MR) is 174 cm³/mol. The van der Waals surface area contributed by atoms with E-state index in [1.165, 1.54) is 13.2 Å². The number of hydrogen-bond acceptors (Lipinski definition) is 10. The number of allylic oxidation sites excluding steroid dienone is 5. The molecule has 1 saturated heterocycles. The number of oxazole rings is 1. The topological polar surface area (TPSA) is 141 Å². The molecule has 254 valence electrons. The molecule has 0 saturated carbocycles. The number of rotatable bonds is 9. The van der Waals surface area contributed by atoms with E-state index in [2.05, 4.69) is 4.98 Å². The first-order valence-corrected chi connectivity index (χ1v) is 15.9. The van der Waals surface area contributed by atoms with E-state index in [0.717, 1.165) is 16.8 Å². The number of ether oxygens (including phenoxy) is 4. The monoisotopic (exact) mass is 641 g/mol. The summed E-state index contributed by atoms with van der Waals surface area (Å²) in [6, 6.07) is 0. The highest BCUT2D eigenvalue weighted by Crippen LogP contribution is 2.43. The Balaban J connectivity index is 1.82. The minimum atomic E-state index is -0.932. The lowest BCUT2D eigenvalue weighted by molar-refractivity contribution is -0.150. The van der Waals surface area contributed by atoms with Gasteiger partial charge >= 0.3 is 11.9 Å². The average molecular weight is 642 g/mol. The van der Waals surface area contributed by atoms with Crippen LogP contribution in [0.5, 0.6) is 0 Å². The number of carbonyl (C=O) groups excluding carboxylic acids is 2. The Morgan fingerprint density at radius 3 is 2.61 bits per heavy atom. The van der Waals surface area contributed by atoms with Crippen LogP contribution in [0.15, 0.2) is 64.4 Å². The third-order valence-corrected chi connectivity index (χ3v) is 8.95. The highest BCUT2D eigenvalue weighted by Gasteiger charge is 2.57. The molecule has 3 rings (SSSR count). The second-order valence-electron chi connectivity index (χ2n) is 12.7. The largest absolute Gasteiger partial charge is 0.469 e. The highest BCUT2D eigenvalue weighted by molar-refractivity contribution is 5.82. The molecule has 0 bridgehead atoms. The number of nitrogens with zero attached hydrogens (tertiary/aromatic N) is 1. The van der Waals surface area contributed by atoms with Gasteiger partial charge in [-0.15, -0.1) is 0 Å². The molecule has 0 radical (unpaired) electrons. The van der Waals surface area contributed by atoms with Crippen LogP contribution in [-0.2, 0) is 28.5 Å². The SMILES string of the molecule is COC(=O)C[C@@H]1C/C=C/C(=O)OC([C@H](C)[C@@H](OC)/C(C)=C/C=C/C(C)=C/c2coc(C)n2)C[C@H](O)[C@]2(C)O[C@@H]2/C=C/[C@@H](C)[C@H](O)C1. The fraction of sp³-hybridized carbons (Fsp3) is 0.583. The maximum Gasteiger partial charge on any atom is 0.330 e. The highest BCUT2D eigenvalue weighted by atomic mass is 16.6. The van der Waals surface area contributed by atoms with Crippen molar-refractivity contribution in [2.24, 2.45) is 17.8 Å². The summed E-state index contributed by atoms with van der Waals surface area (Å²) in [5.74, 6) is -1.11. The first-order valence-electron chi connectivity index (χ1n) is 15.9. The predicted octanol–water partition coefficient (Wildman–Crippen LogP) is 5.44. The van der Waals surface area contributed by atoms with E-state index in [-0.39, 0.29) is 42.7 Å². The Morgan fingerprint density at radius 2 is 1.96 bits per heavy atom. The summed E-state index contributed by atoms with van der Waals surface area (Å²) >= 11 is 0. The summed E-state index contributed by atoms with van der Waals surface area (Å²) < 4.78 is 27.9. The summed E-state index contributed by atoms with van der Waals surface area (Å²) in [4.78, 5) is 29.4. The molecule has 2 aliphatic heterocycles. The first kappa shape index (κ1) is 37.2. The maximum absolute atomic E-state index is 13.1. The zero-order valence-corrected chi connectivity index (χ0v) is 28.3. The van der Waals surface area contributed by atoms with Gasteiger partial charge in [-0.25, -0.2) is 9.78 Å². The number of hydrogen-bond donors (Lipinski definition) is 2. The number of epoxide rings is 1. The Bertz CT molecular complexity index is 1320. The van der Waals surface area contributed by atoms with Crippen molar-refractivity contribution < 1.29 is 43.2 Å². The van der Waals surface area contributed by atoms with Gasteiger partial charge in [-0.05, 0) is 56.8 Å². The summed E-state index contributed by atoms with van der Waals surface area (Å²) in [6.45, 7) is 11.4. The smallest absolute Gasteiger partial charge is 0.330 e. The van der Waals surface area contributed by atoms with E-state index in [1.54, 1.807) is 26.4 Å². The van der Waals surface area contributed by atoms with Crippen LogP contribution in [0.2, 0.25) is 0 Å². The van der Waals surface area contributed by atoms with Gasteiger partial charge in [0.05, 0.1) is 25.4 Å². The standard InChI is InChI=1S/C36H51NO9/c1-22(17-28-21-44-26(5)37-28)11-9-12-24(3)35(43-8)25(4)30-20-31(39)36(6)32(46-36)16-15-23(2)29(38)18-27(19-34(41)42-7)13-10-14-33(40)45-30/h9-12,14-17,21,23,25,27,29-32,35,38-39H,13,18-20H2,1-8H3/b11-9+,14-10+,16-15+,22-17+,24-12+/t23-,25+,27-,29-,30?,31+,32-,35+,36+/m1/s1. The molecular weight excluding hydrogens is 590 g/mol. The molecular formula is C36H51NO9. The number of cyclic esters (lactones) is 1. The van der Waals surface area contributed by atoms with Crippen LogP contribution in [0, 0.1) is 24.7 Å². The van der Waals surface area contributed by atoms with E-state index in [9.17, 15) is 19.8 Å². The van der Waals surface area contributed by atoms with Gasteiger partial charge in [0.25, 0.3) is 0 Å². The molecule has 10 nitrogen and oxygen atoms in total. The molecule has 3 heterocycles. The number of fused-ring (bicyclic) bond motifs is 1. The van der Waals surface area contributed by atoms with Crippen molar-refractivity contribution >= 4 is 18.0 Å². The minimum absolute atomic E-state index is 0.115. The molecule has 0 aliphatic carbocycles. The van der Waals surface area contributed by atoms with Crippen molar-refractivity contribution in [2.75, 3.05) is 14.2 Å². The van der Waals surface area contributed by atoms with Crippen molar-refractivity contribution in [2.45, 2.75) is 103 Å². The third kappa shape index (κ3) is 10.6. The van der Waals surface area contributed by atoms with Crippen LogP contribution >= 0.6 is 0 Å². The van der Waals surface area contributed by atoms with Gasteiger partial charge in [0.2, 0.25) is 0 Å². The van der Waals surface area contributed by atoms with Gasteiger partial charge in [-0.3, -0.25) is 4.79 Å². The number of aliphatic hydroxyl groups excluding tert-OH is 2. The Kier molecular flexibility index (Phi) is 13.7. The van der Waals surface area contributed by atoms with E-state index < -0.39 is 36.0 Å². The van der Waals surface area contributed by atoms with Crippen LogP contribution in [0.1, 0.15) is 71.9 Å². The molecule has 1 aromatic rings. The van der Waals surface area contributed by atoms with Gasteiger partial charge in [0.15, 0.2) is 5.89 Å². The lowest BCUT2D eigenvalue weighted by atomic mass is 9.85. The van der Waals surface area contributed by atoms with Crippen LogP contribution in [0.4, 0.5) is 0 Å². The Morgan fingerprint density at radius 1 is 1.22 bits per heavy atom. The molecule has 10 heteroatoms. The fourth-order valence-corrected chi connectivity index (χ4v) is 5.83. The molecule has 9 atom stereocenters. The van der Waals surface area contributed by atoms with E-state index >= 15 is 0 Å². The van der Waals surface area contributed by atoms with E-state index in [4.69, 9.17) is 23.4 Å². The molecule has 0 aromatic carbocycles. The van der Waals surface area contributed by atoms with E-state index in [1.807, 2.05) is 71.1 Å². The van der Waals surface area contributed by atoms with Crippen molar-refractivity contribution in [3.63, 3.8) is 0 Å². The lowest BCUT2D eigenvalue weighted by Crippen LogP contribution is -2.41. The van der Waals surface area contributed by atoms with Gasteiger partial charge in [0.1, 0.15) is 29.8 Å². The number of esters is 2. The van der Waals surface area contributed by atoms with Crippen LogP contribution in [0.3, 0.4) is 0 Å². The number of aryl methyl sites for hydroxylation is 1. The molecule has 1 aromatic heterocycles. The molecule has 0 spiro atoms. The zero-order chi connectivity index (χ0) is 34.0. The normalized spacial score (nSPS) is 32.7. The van der Waals surface area contributed by atoms with Crippen LogP contribution < -0.4 is 0 Å². The number of aliphatic hydroxyl groups is 2. The van der Waals surface area contributed by atoms with Crippen molar-refractivity contribution in [3.8, 4) is 0 Å². The quantitative estimate of drug-likeness (QED) is 0.155. The molecule has 2 N–H and O–H groups in total. The summed E-state index contributed by atoms with van der Waals surface area (Å²) in [5.41, 5.74) is 1.78. The lowest BCUT2D eigenvalue weighted by Gasteiger charge is -2.32. The summed E-state index contributed by atoms with van der Waals surface area (Å²) in [6.07, 6.45) is 14.0. The Hall–Kier alpha value is -3.31. The van der Waals surface area contributed by atoms with Crippen molar-refractivity contribution in [3.05, 3.63) is 71.5 Å². The van der Waals surface area contributed by atoms with Crippen LogP contribution in [-0.4, -0.2) is 77.5 Å². The second-order valence-corrected chi connectivity index (χ2v) is 12.7. The number of methoxy groups -OCH3 is 2. The third-order valence-electron chi connectivity index (χ3n) is 8.95. The van der Waals surface area contributed by atoms with E-state index in [0.29, 0.717) is 18.7 Å². The maximum atomic E-state index is 13.1. The molecule has 2 aliphatic rings. The molecule has 1 unspecified atom stereocenters. The number of aromatic nitrogens is 1. The minimum Gasteiger partial charge on any atom is -0.469 e. The van der Waals surface area contributed by atoms with Crippen LogP contribution in [0.25, 0.3) is 6.08 Å². The van der Waals surface area contributed by atoms with Crippen molar-refractivity contribution in [1.29, 1.82) is 0 Å². The number of carbonyl (C=O) groups is 2. The van der Waals surface area contributed by atoms with Crippen molar-refractivity contribution in [1.82, 2.24) is 4.98 Å². The van der Waals surface area contributed by atoms with Gasteiger partial charge in [-0.2, -0.15) is 0 Å². The molecule has 46 heavy (non-hydrogen) atoms. The fourth-order valence-electron chi connectivity index (χ4n) is 5.83. The van der Waals surface area contributed by atoms with Gasteiger partial charge < -0.3 is 33.6 Å². The second kappa shape index (κ2) is 17.0. The average Bonchev–Trinajstić information content (AvgIpc) is 3.51. The zero-order valence-electron chi connectivity index (χ0n) is 28.3. The van der Waals surface area contributed by atoms with Gasteiger partial charge in [-0.1, -0.05) is 50.3 Å². The van der Waals surface area contributed by atoms with Gasteiger partial charge in [0, 0.05) is 44.8 Å². The molecule has 1 fully saturated rings. The summed E-state index contributed by atoms with van der Waals surface area (Å²) in [7, 11) is 2.94. The first-order chi connectivity index (χ1) is 21.8. The molecule has 0 amide bonds.